The molecular weight excluding hydrogens is 749 g/mol. The standard InChI is InChI=1S/C60H122Si/c1-3-5-7-9-11-13-15-17-19-21-23-25-27-29-31-33-35-37-39-41-43-45-47-49-51-53-55-57-59-61-60-58-56-54-52-50-48-46-44-42-40-38-36-34-32-30-28-26-24-22-20-18-16-14-12-10-8-6-4-2/h3-60H2,1-2H3. The Morgan fingerprint density at radius 1 is 0.131 bits per heavy atom. The molecule has 0 spiro atoms. The van der Waals surface area contributed by atoms with Crippen LogP contribution in [0, 0.1) is 0 Å². The number of unbranched alkanes of at least 4 members (excludes halogenated alkanes) is 54. The van der Waals surface area contributed by atoms with Gasteiger partial charge in [-0.25, -0.2) is 0 Å². The Bertz CT molecular complexity index is 644. The van der Waals surface area contributed by atoms with Gasteiger partial charge in [-0.15, -0.1) is 0 Å². The van der Waals surface area contributed by atoms with E-state index >= 15 is 0 Å². The van der Waals surface area contributed by atoms with E-state index in [-0.39, 0.29) is 0 Å². The Morgan fingerprint density at radius 3 is 0.344 bits per heavy atom. The molecule has 0 N–H and O–H groups in total. The van der Waals surface area contributed by atoms with Crippen LogP contribution >= 0.6 is 0 Å². The predicted molar refractivity (Wildman–Crippen MR) is 285 cm³/mol. The first kappa shape index (κ1) is 61.2. The summed E-state index contributed by atoms with van der Waals surface area (Å²) in [6.07, 6.45) is 83.5. The summed E-state index contributed by atoms with van der Waals surface area (Å²) in [6, 6.07) is 3.05. The lowest BCUT2D eigenvalue weighted by molar-refractivity contribution is 0.514. The Kier molecular flexibility index (Phi) is 60.4. The van der Waals surface area contributed by atoms with Gasteiger partial charge in [0.2, 0.25) is 0 Å². The van der Waals surface area contributed by atoms with E-state index in [1.807, 2.05) is 0 Å². The zero-order valence-electron chi connectivity index (χ0n) is 43.5. The first-order chi connectivity index (χ1) is 30.4. The molecule has 0 bridgehead atoms. The van der Waals surface area contributed by atoms with E-state index in [2.05, 4.69) is 13.8 Å². The first-order valence-corrected chi connectivity index (χ1v) is 31.5. The molecule has 0 aromatic rings. The van der Waals surface area contributed by atoms with Crippen LogP contribution in [0.15, 0.2) is 0 Å². The monoisotopic (exact) mass is 871 g/mol. The zero-order valence-corrected chi connectivity index (χ0v) is 44.5. The molecule has 0 fully saturated rings. The van der Waals surface area contributed by atoms with Crippen LogP contribution in [-0.2, 0) is 0 Å². The fourth-order valence-electron chi connectivity index (χ4n) is 9.96. The van der Waals surface area contributed by atoms with Crippen LogP contribution in [0.3, 0.4) is 0 Å². The summed E-state index contributed by atoms with van der Waals surface area (Å²) in [7, 11) is 1.25. The Morgan fingerprint density at radius 2 is 0.230 bits per heavy atom. The summed E-state index contributed by atoms with van der Waals surface area (Å²) in [6.45, 7) is 4.63. The molecule has 0 saturated heterocycles. The molecule has 0 aliphatic heterocycles. The Balaban J connectivity index is 3.06. The molecule has 0 aliphatic rings. The lowest BCUT2D eigenvalue weighted by Gasteiger charge is -2.05. The highest BCUT2D eigenvalue weighted by atomic mass is 28.2. The maximum Gasteiger partial charge on any atom is 0.0378 e. The maximum absolute atomic E-state index is 2.31. The van der Waals surface area contributed by atoms with Crippen LogP contribution in [0.5, 0.6) is 0 Å². The van der Waals surface area contributed by atoms with E-state index in [4.69, 9.17) is 0 Å². The van der Waals surface area contributed by atoms with Gasteiger partial charge in [0.05, 0.1) is 0 Å². The Hall–Kier alpha value is 0.217. The van der Waals surface area contributed by atoms with Crippen molar-refractivity contribution in [2.45, 2.75) is 386 Å². The van der Waals surface area contributed by atoms with Crippen molar-refractivity contribution < 1.29 is 0 Å². The van der Waals surface area contributed by atoms with Crippen molar-refractivity contribution in [3.05, 3.63) is 0 Å². The summed E-state index contributed by atoms with van der Waals surface area (Å²) in [5.41, 5.74) is 0. The molecule has 0 rings (SSSR count). The van der Waals surface area contributed by atoms with Gasteiger partial charge in [0.25, 0.3) is 0 Å². The molecule has 1 heteroatoms. The van der Waals surface area contributed by atoms with Gasteiger partial charge in [-0.2, -0.15) is 0 Å². The van der Waals surface area contributed by atoms with Gasteiger partial charge < -0.3 is 0 Å². The molecule has 0 aromatic carbocycles. The fourth-order valence-corrected chi connectivity index (χ4v) is 11.2. The topological polar surface area (TPSA) is 0 Å². The van der Waals surface area contributed by atoms with Crippen LogP contribution < -0.4 is 0 Å². The molecule has 0 heterocycles. The van der Waals surface area contributed by atoms with Gasteiger partial charge >= 0.3 is 0 Å². The van der Waals surface area contributed by atoms with Gasteiger partial charge in [-0.1, -0.05) is 386 Å². The van der Waals surface area contributed by atoms with E-state index < -0.39 is 0 Å². The van der Waals surface area contributed by atoms with Crippen molar-refractivity contribution in [3.8, 4) is 0 Å². The summed E-state index contributed by atoms with van der Waals surface area (Å²) in [5, 5.41) is 0. The third kappa shape index (κ3) is 60.2. The molecule has 0 saturated carbocycles. The SMILES string of the molecule is CCCCCCCCCCCCCCCCCCCCCCCCCCCCCC[Si]CCCCCCCCCCCCCCCCCCCCCCCCCCCCCC. The van der Waals surface area contributed by atoms with E-state index in [1.165, 1.54) is 381 Å². The summed E-state index contributed by atoms with van der Waals surface area (Å²) in [4.78, 5) is 0. The van der Waals surface area contributed by atoms with Gasteiger partial charge in [-0.05, 0) is 0 Å². The van der Waals surface area contributed by atoms with Crippen molar-refractivity contribution in [1.29, 1.82) is 0 Å². The average Bonchev–Trinajstić information content (AvgIpc) is 3.27. The highest BCUT2D eigenvalue weighted by molar-refractivity contribution is 6.35. The minimum atomic E-state index is 1.25. The lowest BCUT2D eigenvalue weighted by Crippen LogP contribution is -1.90. The molecule has 0 atom stereocenters. The normalized spacial score (nSPS) is 11.7. The van der Waals surface area contributed by atoms with E-state index in [1.54, 1.807) is 0 Å². The van der Waals surface area contributed by atoms with E-state index in [0.29, 0.717) is 0 Å². The highest BCUT2D eigenvalue weighted by Crippen LogP contribution is 2.19. The quantitative estimate of drug-likeness (QED) is 0.0422. The summed E-state index contributed by atoms with van der Waals surface area (Å²) < 4.78 is 0. The lowest BCUT2D eigenvalue weighted by atomic mass is 10.0. The molecule has 2 radical (unpaired) electrons. The second-order valence-corrected chi connectivity index (χ2v) is 22.3. The molecule has 366 valence electrons. The van der Waals surface area contributed by atoms with Crippen LogP contribution in [0.2, 0.25) is 12.1 Å². The molecule has 0 aliphatic carbocycles. The van der Waals surface area contributed by atoms with E-state index in [9.17, 15) is 0 Å². The average molecular weight is 872 g/mol. The largest absolute Gasteiger partial charge is 0.0654 e. The smallest absolute Gasteiger partial charge is 0.0378 e. The highest BCUT2D eigenvalue weighted by Gasteiger charge is 2.00. The molecule has 0 aromatic heterocycles. The number of hydrogen-bond donors (Lipinski definition) is 0. The van der Waals surface area contributed by atoms with Gasteiger partial charge in [0, 0.05) is 9.52 Å². The van der Waals surface area contributed by atoms with Crippen molar-refractivity contribution >= 4 is 9.52 Å². The van der Waals surface area contributed by atoms with Crippen molar-refractivity contribution in [2.75, 3.05) is 0 Å². The molecule has 61 heavy (non-hydrogen) atoms. The first-order valence-electron chi connectivity index (χ1n) is 30.1. The predicted octanol–water partition coefficient (Wildman–Crippen LogP) is 23.4. The molecule has 0 nitrogen and oxygen atoms in total. The number of rotatable bonds is 58. The second-order valence-electron chi connectivity index (χ2n) is 20.8. The van der Waals surface area contributed by atoms with Crippen LogP contribution in [0.4, 0.5) is 0 Å². The van der Waals surface area contributed by atoms with Gasteiger partial charge in [0.1, 0.15) is 0 Å². The van der Waals surface area contributed by atoms with Crippen molar-refractivity contribution in [1.82, 2.24) is 0 Å². The van der Waals surface area contributed by atoms with Gasteiger partial charge in [-0.3, -0.25) is 0 Å². The Labute approximate surface area is 393 Å². The van der Waals surface area contributed by atoms with Gasteiger partial charge in [0.15, 0.2) is 0 Å². The summed E-state index contributed by atoms with van der Waals surface area (Å²) in [5.74, 6) is 0. The third-order valence-electron chi connectivity index (χ3n) is 14.4. The zero-order chi connectivity index (χ0) is 43.7. The maximum atomic E-state index is 2.31. The number of hydrogen-bond acceptors (Lipinski definition) is 0. The fraction of sp³-hybridized carbons (Fsp3) is 1.00. The van der Waals surface area contributed by atoms with Crippen LogP contribution in [0.25, 0.3) is 0 Å². The van der Waals surface area contributed by atoms with E-state index in [0.717, 1.165) is 0 Å². The third-order valence-corrected chi connectivity index (χ3v) is 15.8. The minimum Gasteiger partial charge on any atom is -0.0654 e. The van der Waals surface area contributed by atoms with Crippen LogP contribution in [-0.4, -0.2) is 9.52 Å². The van der Waals surface area contributed by atoms with Crippen molar-refractivity contribution in [2.24, 2.45) is 0 Å². The minimum absolute atomic E-state index is 1.25. The molecular formula is C60H122Si. The second kappa shape index (κ2) is 60.2. The van der Waals surface area contributed by atoms with Crippen LogP contribution in [0.1, 0.15) is 373 Å². The summed E-state index contributed by atoms with van der Waals surface area (Å²) >= 11 is 0. The molecule has 0 amide bonds. The molecule has 0 unspecified atom stereocenters. The van der Waals surface area contributed by atoms with Crippen molar-refractivity contribution in [3.63, 3.8) is 0 Å².